The van der Waals surface area contributed by atoms with E-state index < -0.39 is 100 Å². The van der Waals surface area contributed by atoms with Crippen molar-refractivity contribution in [2.75, 3.05) is 0 Å². The smallest absolute Gasteiger partial charge is 0.393 e. The van der Waals surface area contributed by atoms with Gasteiger partial charge < -0.3 is 4.74 Å². The summed E-state index contributed by atoms with van der Waals surface area (Å²) in [5.41, 5.74) is -12.2. The lowest BCUT2D eigenvalue weighted by Crippen LogP contribution is -2.89. The molecular weight excluding hydrogens is 811 g/mol. The van der Waals surface area contributed by atoms with Crippen LogP contribution in [-0.4, -0.2) is 94.7 Å². The van der Waals surface area contributed by atoms with E-state index in [1.54, 1.807) is 0 Å². The molecule has 50 heavy (non-hydrogen) atoms. The van der Waals surface area contributed by atoms with Crippen molar-refractivity contribution in [2.24, 2.45) is 0 Å². The third-order valence-electron chi connectivity index (χ3n) is 6.57. The molecule has 296 valence electrons. The Kier molecular flexibility index (Phi) is 9.61. The van der Waals surface area contributed by atoms with Gasteiger partial charge in [0.1, 0.15) is 0 Å². The van der Waals surface area contributed by atoms with Crippen molar-refractivity contribution < 1.29 is 137 Å². The summed E-state index contributed by atoms with van der Waals surface area (Å²) in [6.07, 6.45) is -7.81. The molecule has 0 aliphatic heterocycles. The van der Waals surface area contributed by atoms with Gasteiger partial charge in [0, 0.05) is 5.57 Å². The predicted molar refractivity (Wildman–Crippen MR) is 94.0 cm³/mol. The largest absolute Gasteiger partial charge is 0.473 e. The Hall–Kier alpha value is -2.82. The number of halogens is 29. The Morgan fingerprint density at radius 3 is 0.900 bits per heavy atom. The minimum absolute atomic E-state index is 0.119. The van der Waals surface area contributed by atoms with Crippen LogP contribution in [-0.2, 0) is 9.53 Å². The van der Waals surface area contributed by atoms with Crippen molar-refractivity contribution in [3.05, 3.63) is 12.2 Å². The molecule has 2 nitrogen and oxygen atoms in total. The number of ether oxygens (including phenoxy) is 1. The summed E-state index contributed by atoms with van der Waals surface area (Å²) in [4.78, 5) is 10.9. The van der Waals surface area contributed by atoms with Crippen molar-refractivity contribution >= 4 is 5.97 Å². The summed E-state index contributed by atoms with van der Waals surface area (Å²) < 4.78 is 406. The monoisotopic (exact) mass is 816 g/mol. The van der Waals surface area contributed by atoms with E-state index in [2.05, 4.69) is 11.3 Å². The van der Waals surface area contributed by atoms with Crippen LogP contribution in [0.5, 0.6) is 0 Å². The van der Waals surface area contributed by atoms with Crippen molar-refractivity contribution in [1.82, 2.24) is 0 Å². The van der Waals surface area contributed by atoms with Crippen LogP contribution in [0.1, 0.15) is 6.92 Å². The Morgan fingerprint density at radius 2 is 0.640 bits per heavy atom. The van der Waals surface area contributed by atoms with Crippen LogP contribution in [0, 0.1) is 0 Å². The maximum atomic E-state index is 14.9. The molecule has 0 aromatic rings. The van der Waals surface area contributed by atoms with Gasteiger partial charge in [-0.15, -0.1) is 0 Å². The maximum absolute atomic E-state index is 14.9. The molecule has 31 heteroatoms. The lowest BCUT2D eigenvalue weighted by Gasteiger charge is -2.54. The lowest BCUT2D eigenvalue weighted by molar-refractivity contribution is -0.524. The Balaban J connectivity index is 4.42. The Labute approximate surface area is 252 Å². The highest BCUT2D eigenvalue weighted by atomic mass is 19.4. The fourth-order valence-corrected chi connectivity index (χ4v) is 3.47. The lowest BCUT2D eigenvalue weighted by atomic mass is 9.68. The molecule has 0 heterocycles. The molecule has 0 bridgehead atoms. The average molecular weight is 816 g/mol. The van der Waals surface area contributed by atoms with Crippen LogP contribution in [0.15, 0.2) is 12.2 Å². The number of rotatable bonds is 9. The van der Waals surface area contributed by atoms with E-state index in [1.807, 2.05) is 0 Å². The zero-order chi connectivity index (χ0) is 41.4. The van der Waals surface area contributed by atoms with E-state index in [0.29, 0.717) is 0 Å². The first-order chi connectivity index (χ1) is 21.1. The molecule has 1 aliphatic rings. The highest BCUT2D eigenvalue weighted by Crippen LogP contribution is 2.75. The highest BCUT2D eigenvalue weighted by molar-refractivity contribution is 5.87. The van der Waals surface area contributed by atoms with Crippen molar-refractivity contribution in [3.8, 4) is 0 Å². The third kappa shape index (κ3) is 4.42. The van der Waals surface area contributed by atoms with Gasteiger partial charge in [0.25, 0.3) is 0 Å². The van der Waals surface area contributed by atoms with Crippen LogP contribution in [0.3, 0.4) is 0 Å². The van der Waals surface area contributed by atoms with E-state index in [4.69, 9.17) is 0 Å². The molecule has 1 fully saturated rings. The zero-order valence-electron chi connectivity index (χ0n) is 22.0. The fourth-order valence-electron chi connectivity index (χ4n) is 3.47. The molecule has 0 radical (unpaired) electrons. The molecule has 1 rings (SSSR count). The van der Waals surface area contributed by atoms with Crippen LogP contribution < -0.4 is 0 Å². The summed E-state index contributed by atoms with van der Waals surface area (Å²) in [6.45, 7) is 2.39. The number of hydrogen-bond donors (Lipinski definition) is 0. The minimum Gasteiger partial charge on any atom is -0.393 e. The standard InChI is InChI=1S/C19H5F29O2/c1-3(2)4(49)50-19(47,48)18(45,46)17(43,44)16(41,42)14(37,38)11(31,32)8(25,26)5(20)6(21,22)9(27,28)12(33,34)15(39,40)13(35,36)10(29,30)7(5,23)24/h1H2,2H3. The maximum Gasteiger partial charge on any atom is 0.473 e. The van der Waals surface area contributed by atoms with E-state index >= 15 is 0 Å². The van der Waals surface area contributed by atoms with Gasteiger partial charge >= 0.3 is 94.7 Å². The highest BCUT2D eigenvalue weighted by Gasteiger charge is 3.08. The molecule has 0 N–H and O–H groups in total. The number of alkyl halides is 29. The summed E-state index contributed by atoms with van der Waals surface area (Å²) in [5.74, 6) is -130. The first kappa shape index (κ1) is 45.2. The number of carbonyl (C=O) groups excluding carboxylic acids is 1. The van der Waals surface area contributed by atoms with Gasteiger partial charge in [0.15, 0.2) is 0 Å². The van der Waals surface area contributed by atoms with Gasteiger partial charge in [-0.05, 0) is 6.92 Å². The van der Waals surface area contributed by atoms with Gasteiger partial charge in [0.05, 0.1) is 0 Å². The first-order valence-electron chi connectivity index (χ1n) is 10.9. The topological polar surface area (TPSA) is 26.3 Å². The molecule has 0 aromatic carbocycles. The summed E-state index contributed by atoms with van der Waals surface area (Å²) in [7, 11) is 0. The van der Waals surface area contributed by atoms with Crippen molar-refractivity contribution in [2.45, 2.75) is 95.7 Å². The van der Waals surface area contributed by atoms with E-state index in [9.17, 15) is 132 Å². The third-order valence-corrected chi connectivity index (χ3v) is 6.57. The Morgan fingerprint density at radius 1 is 0.420 bits per heavy atom. The zero-order valence-corrected chi connectivity index (χ0v) is 22.0. The quantitative estimate of drug-likeness (QED) is 0.132. The Bertz CT molecular complexity index is 1330. The van der Waals surface area contributed by atoms with Gasteiger partial charge in [0.2, 0.25) is 0 Å². The summed E-state index contributed by atoms with van der Waals surface area (Å²) in [6, 6.07) is 0. The van der Waals surface area contributed by atoms with Crippen LogP contribution in [0.2, 0.25) is 0 Å². The summed E-state index contributed by atoms with van der Waals surface area (Å²) >= 11 is 0. The number of carbonyl (C=O) groups is 1. The van der Waals surface area contributed by atoms with Gasteiger partial charge in [-0.2, -0.15) is 123 Å². The first-order valence-corrected chi connectivity index (χ1v) is 10.9. The molecule has 1 aliphatic carbocycles. The fraction of sp³-hybridized carbons (Fsp3) is 0.842. The molecular formula is C19H5F29O2. The second-order valence-corrected chi connectivity index (χ2v) is 9.81. The minimum atomic E-state index is -10.6. The molecule has 0 unspecified atom stereocenters. The second kappa shape index (κ2) is 10.6. The molecule has 0 spiro atoms. The van der Waals surface area contributed by atoms with E-state index in [-0.39, 0.29) is 6.92 Å². The van der Waals surface area contributed by atoms with Gasteiger partial charge in [-0.25, -0.2) is 9.18 Å². The SMILES string of the molecule is C=C(C)C(=O)OC(F)(F)C(F)(F)C(F)(F)C(F)(F)C(F)(F)C(F)(F)C(F)(F)C1(F)C(F)(F)C(F)(F)C(F)(F)C(F)(F)C(F)(F)C(F)(F)C1(F)F. The predicted octanol–water partition coefficient (Wildman–Crippen LogP) is 9.68. The average Bonchev–Trinajstić information content (AvgIpc) is 2.89. The second-order valence-electron chi connectivity index (χ2n) is 9.81. The van der Waals surface area contributed by atoms with Crippen LogP contribution >= 0.6 is 0 Å². The van der Waals surface area contributed by atoms with Gasteiger partial charge in [-0.3, -0.25) is 0 Å². The molecule has 0 amide bonds. The number of esters is 1. The van der Waals surface area contributed by atoms with E-state index in [1.165, 1.54) is 0 Å². The van der Waals surface area contributed by atoms with Gasteiger partial charge in [-0.1, -0.05) is 6.58 Å². The van der Waals surface area contributed by atoms with Crippen LogP contribution in [0.4, 0.5) is 127 Å². The molecule has 1 saturated carbocycles. The van der Waals surface area contributed by atoms with Crippen molar-refractivity contribution in [3.63, 3.8) is 0 Å². The van der Waals surface area contributed by atoms with E-state index in [0.717, 1.165) is 0 Å². The molecule has 0 saturated heterocycles. The van der Waals surface area contributed by atoms with Crippen LogP contribution in [0.25, 0.3) is 0 Å². The summed E-state index contributed by atoms with van der Waals surface area (Å²) in [5, 5.41) is 0. The number of hydrogen-bond acceptors (Lipinski definition) is 2. The molecule has 0 aromatic heterocycles. The van der Waals surface area contributed by atoms with Crippen molar-refractivity contribution in [1.29, 1.82) is 0 Å². The normalized spacial score (nSPS) is 24.8. The molecule has 0 atom stereocenters.